The Balaban J connectivity index is 2.41. The summed E-state index contributed by atoms with van der Waals surface area (Å²) >= 11 is 7.37. The van der Waals surface area contributed by atoms with Gasteiger partial charge in [0.05, 0.1) is 29.0 Å². The van der Waals surface area contributed by atoms with E-state index in [4.69, 9.17) is 16.9 Å². The number of benzene rings is 1. The molecule has 7 heteroatoms. The maximum absolute atomic E-state index is 12.7. The van der Waals surface area contributed by atoms with Crippen LogP contribution in [-0.4, -0.2) is 15.3 Å². The Morgan fingerprint density at radius 2 is 2.12 bits per heavy atom. The number of rotatable bonds is 6. The predicted octanol–water partition coefficient (Wildman–Crippen LogP) is 4.17. The van der Waals surface area contributed by atoms with Gasteiger partial charge in [0.15, 0.2) is 5.16 Å². The van der Waals surface area contributed by atoms with Gasteiger partial charge in [-0.3, -0.25) is 9.36 Å². The van der Waals surface area contributed by atoms with Gasteiger partial charge in [-0.25, -0.2) is 4.98 Å². The van der Waals surface area contributed by atoms with Crippen molar-refractivity contribution in [1.29, 1.82) is 10.5 Å². The summed E-state index contributed by atoms with van der Waals surface area (Å²) in [7, 11) is 0. The largest absolute Gasteiger partial charge is 0.285 e. The van der Waals surface area contributed by atoms with Crippen LogP contribution < -0.4 is 5.56 Å². The molecule has 0 saturated heterocycles. The fourth-order valence-electron chi connectivity index (χ4n) is 2.31. The maximum Gasteiger partial charge on any atom is 0.262 e. The van der Waals surface area contributed by atoms with Crippen molar-refractivity contribution in [3.63, 3.8) is 0 Å². The van der Waals surface area contributed by atoms with Crippen LogP contribution in [-0.2, 0) is 0 Å². The highest BCUT2D eigenvalue weighted by Gasteiger charge is 2.16. The molecule has 24 heavy (non-hydrogen) atoms. The molecule has 0 aliphatic heterocycles. The molecule has 1 aromatic carbocycles. The number of nitrogens with zero attached hydrogens (tertiary/aromatic N) is 4. The molecular formula is C17H17ClN4OS. The van der Waals surface area contributed by atoms with Crippen molar-refractivity contribution >= 4 is 34.3 Å². The lowest BCUT2D eigenvalue weighted by Gasteiger charge is -2.17. The quantitative estimate of drug-likeness (QED) is 0.570. The molecule has 0 spiro atoms. The van der Waals surface area contributed by atoms with Gasteiger partial charge in [0, 0.05) is 23.2 Å². The topological polar surface area (TPSA) is 82.5 Å². The first kappa shape index (κ1) is 18.3. The third kappa shape index (κ3) is 4.08. The van der Waals surface area contributed by atoms with Crippen molar-refractivity contribution in [2.24, 2.45) is 5.92 Å². The second kappa shape index (κ2) is 8.19. The van der Waals surface area contributed by atoms with Gasteiger partial charge < -0.3 is 0 Å². The van der Waals surface area contributed by atoms with Crippen molar-refractivity contribution in [2.45, 2.75) is 37.9 Å². The zero-order valence-corrected chi connectivity index (χ0v) is 15.1. The average molecular weight is 361 g/mol. The number of thioether (sulfide) groups is 1. The molecule has 124 valence electrons. The average Bonchev–Trinajstić information content (AvgIpc) is 2.54. The molecule has 0 aliphatic rings. The lowest BCUT2D eigenvalue weighted by Crippen LogP contribution is -2.25. The Kier molecular flexibility index (Phi) is 6.25. The zero-order chi connectivity index (χ0) is 17.7. The van der Waals surface area contributed by atoms with E-state index in [1.165, 1.54) is 11.8 Å². The van der Waals surface area contributed by atoms with E-state index in [0.29, 0.717) is 39.7 Å². The van der Waals surface area contributed by atoms with Gasteiger partial charge in [0.1, 0.15) is 0 Å². The molecule has 5 nitrogen and oxygen atoms in total. The van der Waals surface area contributed by atoms with Crippen LogP contribution in [0.5, 0.6) is 0 Å². The number of nitriles is 2. The number of fused-ring (bicyclic) bond motifs is 1. The second-order valence-corrected chi connectivity index (χ2v) is 7.08. The predicted molar refractivity (Wildman–Crippen MR) is 96.1 cm³/mol. The molecule has 1 heterocycles. The van der Waals surface area contributed by atoms with Gasteiger partial charge in [-0.2, -0.15) is 10.5 Å². The summed E-state index contributed by atoms with van der Waals surface area (Å²) in [5.74, 6) is 0.242. The van der Waals surface area contributed by atoms with E-state index >= 15 is 0 Å². The summed E-state index contributed by atoms with van der Waals surface area (Å²) in [6.45, 7) is 3.85. The molecule has 0 fully saturated rings. The smallest absolute Gasteiger partial charge is 0.262 e. The molecule has 2 aromatic rings. The Labute approximate surface area is 149 Å². The second-order valence-electron chi connectivity index (χ2n) is 5.66. The van der Waals surface area contributed by atoms with Crippen LogP contribution in [0.3, 0.4) is 0 Å². The van der Waals surface area contributed by atoms with E-state index in [2.05, 4.69) is 17.1 Å². The number of halogens is 1. The molecule has 0 saturated carbocycles. The molecule has 0 unspecified atom stereocenters. The lowest BCUT2D eigenvalue weighted by molar-refractivity contribution is 0.518. The summed E-state index contributed by atoms with van der Waals surface area (Å²) in [5.41, 5.74) is 0.442. The monoisotopic (exact) mass is 360 g/mol. The van der Waals surface area contributed by atoms with E-state index in [1.54, 1.807) is 22.8 Å². The first-order valence-corrected chi connectivity index (χ1v) is 8.95. The maximum atomic E-state index is 12.7. The van der Waals surface area contributed by atoms with Crippen molar-refractivity contribution < 1.29 is 0 Å². The minimum absolute atomic E-state index is 0.0489. The number of hydrogen-bond acceptors (Lipinski definition) is 5. The highest BCUT2D eigenvalue weighted by molar-refractivity contribution is 7.99. The van der Waals surface area contributed by atoms with E-state index < -0.39 is 0 Å². The minimum atomic E-state index is -0.248. The summed E-state index contributed by atoms with van der Waals surface area (Å²) in [6, 6.07) is 9.25. The minimum Gasteiger partial charge on any atom is -0.285 e. The van der Waals surface area contributed by atoms with Gasteiger partial charge in [-0.15, -0.1) is 0 Å². The summed E-state index contributed by atoms with van der Waals surface area (Å²) in [5, 5.41) is 19.5. The Hall–Kier alpha value is -2.02. The Morgan fingerprint density at radius 1 is 1.38 bits per heavy atom. The summed E-state index contributed by atoms with van der Waals surface area (Å²) in [4.78, 5) is 17.3. The van der Waals surface area contributed by atoms with Crippen molar-refractivity contribution in [3.8, 4) is 12.1 Å². The van der Waals surface area contributed by atoms with Gasteiger partial charge in [0.2, 0.25) is 0 Å². The SMILES string of the molecule is CC(C)n1c(SC[C@H](C#N)CCC#N)nc2cc(Cl)ccc2c1=O. The van der Waals surface area contributed by atoms with Crippen molar-refractivity contribution in [2.75, 3.05) is 5.75 Å². The molecule has 1 aromatic heterocycles. The first-order chi connectivity index (χ1) is 11.5. The van der Waals surface area contributed by atoms with Gasteiger partial charge in [-0.1, -0.05) is 23.4 Å². The Morgan fingerprint density at radius 3 is 2.75 bits per heavy atom. The zero-order valence-electron chi connectivity index (χ0n) is 13.5. The van der Waals surface area contributed by atoms with Crippen molar-refractivity contribution in [1.82, 2.24) is 9.55 Å². The van der Waals surface area contributed by atoms with Gasteiger partial charge >= 0.3 is 0 Å². The van der Waals surface area contributed by atoms with E-state index in [9.17, 15) is 10.1 Å². The van der Waals surface area contributed by atoms with Gasteiger partial charge in [0.25, 0.3) is 5.56 Å². The Bertz CT molecular complexity index is 879. The summed E-state index contributed by atoms with van der Waals surface area (Å²) in [6.07, 6.45) is 0.863. The van der Waals surface area contributed by atoms with Crippen LogP contribution >= 0.6 is 23.4 Å². The van der Waals surface area contributed by atoms with E-state index in [1.807, 2.05) is 13.8 Å². The van der Waals surface area contributed by atoms with Crippen LogP contribution in [0.15, 0.2) is 28.2 Å². The number of aromatic nitrogens is 2. The molecular weight excluding hydrogens is 344 g/mol. The molecule has 0 radical (unpaired) electrons. The van der Waals surface area contributed by atoms with Crippen LogP contribution in [0.4, 0.5) is 0 Å². The molecule has 1 atom stereocenters. The van der Waals surface area contributed by atoms with E-state index in [0.717, 1.165) is 0 Å². The normalized spacial score (nSPS) is 12.1. The molecule has 0 amide bonds. The van der Waals surface area contributed by atoms with Crippen LogP contribution in [0.25, 0.3) is 10.9 Å². The lowest BCUT2D eigenvalue weighted by atomic mass is 10.1. The highest BCUT2D eigenvalue weighted by Crippen LogP contribution is 2.25. The third-order valence-corrected chi connectivity index (χ3v) is 4.90. The molecule has 2 rings (SSSR count). The molecule has 0 N–H and O–H groups in total. The van der Waals surface area contributed by atoms with Crippen LogP contribution in [0, 0.1) is 28.6 Å². The summed E-state index contributed by atoms with van der Waals surface area (Å²) < 4.78 is 1.64. The molecule has 0 aliphatic carbocycles. The van der Waals surface area contributed by atoms with E-state index in [-0.39, 0.29) is 17.5 Å². The standard InChI is InChI=1S/C17H17ClN4OS/c1-11(2)22-16(23)14-6-5-13(18)8-15(14)21-17(22)24-10-12(9-20)4-3-7-19/h5-6,8,11-12H,3-4,10H2,1-2H3/t12-/m0/s1. The fourth-order valence-corrected chi connectivity index (χ4v) is 3.66. The van der Waals surface area contributed by atoms with Crippen molar-refractivity contribution in [3.05, 3.63) is 33.6 Å². The third-order valence-electron chi connectivity index (χ3n) is 3.55. The fraction of sp³-hybridized carbons (Fsp3) is 0.412. The highest BCUT2D eigenvalue weighted by atomic mass is 35.5. The van der Waals surface area contributed by atoms with Crippen LogP contribution in [0.2, 0.25) is 5.02 Å². The van der Waals surface area contributed by atoms with Crippen LogP contribution in [0.1, 0.15) is 32.7 Å². The first-order valence-electron chi connectivity index (χ1n) is 7.59. The number of hydrogen-bond donors (Lipinski definition) is 0. The van der Waals surface area contributed by atoms with Gasteiger partial charge in [-0.05, 0) is 38.5 Å². The molecule has 0 bridgehead atoms.